The minimum Gasteiger partial charge on any atom is -0.306 e. The highest BCUT2D eigenvalue weighted by atomic mass is 19.4. The van der Waals surface area contributed by atoms with Gasteiger partial charge < -0.3 is 5.32 Å². The molecule has 1 aliphatic carbocycles. The van der Waals surface area contributed by atoms with E-state index in [0.717, 1.165) is 12.8 Å². The molecule has 11 heavy (non-hydrogen) atoms. The highest BCUT2D eigenvalue weighted by Gasteiger charge is 2.32. The zero-order valence-corrected chi connectivity index (χ0v) is 6.41. The van der Waals surface area contributed by atoms with Gasteiger partial charge >= 0.3 is 6.18 Å². The summed E-state index contributed by atoms with van der Waals surface area (Å²) in [5.41, 5.74) is 0. The second-order valence-corrected chi connectivity index (χ2v) is 3.12. The largest absolute Gasteiger partial charge is 0.401 e. The van der Waals surface area contributed by atoms with Gasteiger partial charge in [0.15, 0.2) is 0 Å². The molecule has 66 valence electrons. The molecule has 1 aliphatic rings. The number of halogens is 3. The molecule has 1 fully saturated rings. The molecule has 1 nitrogen and oxygen atoms in total. The second-order valence-electron chi connectivity index (χ2n) is 3.12. The fraction of sp³-hybridized carbons (Fsp3) is 1.00. The van der Waals surface area contributed by atoms with Gasteiger partial charge in [-0.15, -0.1) is 0 Å². The van der Waals surface area contributed by atoms with Gasteiger partial charge in [-0.3, -0.25) is 0 Å². The Morgan fingerprint density at radius 1 is 1.45 bits per heavy atom. The van der Waals surface area contributed by atoms with Gasteiger partial charge in [-0.1, -0.05) is 0 Å². The summed E-state index contributed by atoms with van der Waals surface area (Å²) in [6, 6.07) is 0.0247. The Morgan fingerprint density at radius 2 is 2.00 bits per heavy atom. The van der Waals surface area contributed by atoms with Gasteiger partial charge in [0.25, 0.3) is 0 Å². The summed E-state index contributed by atoms with van der Waals surface area (Å²) in [6.07, 6.45) is -1.92. The lowest BCUT2D eigenvalue weighted by molar-refractivity contribution is -0.126. The lowest BCUT2D eigenvalue weighted by atomic mass is 10.2. The van der Waals surface area contributed by atoms with Crippen LogP contribution in [0, 0.1) is 5.92 Å². The predicted octanol–water partition coefficient (Wildman–Crippen LogP) is 1.94. The molecule has 0 aliphatic heterocycles. The van der Waals surface area contributed by atoms with Crippen molar-refractivity contribution in [1.29, 1.82) is 0 Å². The Bertz CT molecular complexity index is 128. The van der Waals surface area contributed by atoms with Gasteiger partial charge in [0, 0.05) is 6.04 Å². The van der Waals surface area contributed by atoms with Crippen LogP contribution in [0.5, 0.6) is 0 Å². The van der Waals surface area contributed by atoms with Crippen molar-refractivity contribution in [3.05, 3.63) is 0 Å². The van der Waals surface area contributed by atoms with Crippen LogP contribution < -0.4 is 5.32 Å². The molecule has 0 aromatic rings. The molecule has 1 rings (SSSR count). The topological polar surface area (TPSA) is 12.0 Å². The third-order valence-corrected chi connectivity index (χ3v) is 1.95. The van der Waals surface area contributed by atoms with Crippen molar-refractivity contribution in [3.8, 4) is 0 Å². The highest BCUT2D eigenvalue weighted by Crippen LogP contribution is 2.32. The van der Waals surface area contributed by atoms with Gasteiger partial charge in [-0.2, -0.15) is 13.2 Å². The van der Waals surface area contributed by atoms with E-state index in [-0.39, 0.29) is 6.04 Å². The smallest absolute Gasteiger partial charge is 0.306 e. The first-order valence-corrected chi connectivity index (χ1v) is 3.79. The third-order valence-electron chi connectivity index (χ3n) is 1.95. The predicted molar refractivity (Wildman–Crippen MR) is 36.2 cm³/mol. The van der Waals surface area contributed by atoms with E-state index in [4.69, 9.17) is 0 Å². The molecule has 0 bridgehead atoms. The first-order chi connectivity index (χ1) is 4.99. The molecule has 1 atom stereocenters. The zero-order chi connectivity index (χ0) is 8.48. The van der Waals surface area contributed by atoms with Crippen molar-refractivity contribution in [2.24, 2.45) is 5.92 Å². The van der Waals surface area contributed by atoms with Crippen molar-refractivity contribution >= 4 is 0 Å². The van der Waals surface area contributed by atoms with Gasteiger partial charge in [0.2, 0.25) is 0 Å². The van der Waals surface area contributed by atoms with E-state index >= 15 is 0 Å². The molecule has 1 saturated carbocycles. The first-order valence-electron chi connectivity index (χ1n) is 3.79. The summed E-state index contributed by atoms with van der Waals surface area (Å²) in [7, 11) is 0. The molecule has 4 heteroatoms. The molecule has 0 heterocycles. The van der Waals surface area contributed by atoms with Gasteiger partial charge in [0.05, 0.1) is 6.54 Å². The van der Waals surface area contributed by atoms with Crippen molar-refractivity contribution < 1.29 is 13.2 Å². The molecule has 0 radical (unpaired) electrons. The normalized spacial score (nSPS) is 21.8. The molecule has 1 N–H and O–H groups in total. The minimum atomic E-state index is -4.07. The zero-order valence-electron chi connectivity index (χ0n) is 6.41. The standard InChI is InChI=1S/C7H12F3N/c1-5(6-2-3-6)11-4-7(8,9)10/h5-6,11H,2-4H2,1H3/t5-/m1/s1. The van der Waals surface area contributed by atoms with Crippen LogP contribution >= 0.6 is 0 Å². The number of hydrogen-bond acceptors (Lipinski definition) is 1. The molecule has 0 spiro atoms. The van der Waals surface area contributed by atoms with Crippen LogP contribution in [-0.2, 0) is 0 Å². The summed E-state index contributed by atoms with van der Waals surface area (Å²) in [5, 5.41) is 2.46. The number of nitrogens with one attached hydrogen (secondary N) is 1. The molecule has 0 aromatic heterocycles. The minimum absolute atomic E-state index is 0.0247. The Kier molecular flexibility index (Phi) is 2.42. The summed E-state index contributed by atoms with van der Waals surface area (Å²) < 4.78 is 34.9. The van der Waals surface area contributed by atoms with E-state index in [1.807, 2.05) is 6.92 Å². The molecular weight excluding hydrogens is 155 g/mol. The summed E-state index contributed by atoms with van der Waals surface area (Å²) in [6.45, 7) is 0.952. The second kappa shape index (κ2) is 3.01. The maximum absolute atomic E-state index is 11.6. The Balaban J connectivity index is 2.10. The van der Waals surface area contributed by atoms with Crippen LogP contribution in [0.1, 0.15) is 19.8 Å². The summed E-state index contributed by atoms with van der Waals surface area (Å²) in [5.74, 6) is 0.484. The molecule has 0 unspecified atom stereocenters. The SMILES string of the molecule is C[C@@H](NCC(F)(F)F)C1CC1. The highest BCUT2D eigenvalue weighted by molar-refractivity contribution is 4.83. The van der Waals surface area contributed by atoms with E-state index in [0.29, 0.717) is 5.92 Å². The van der Waals surface area contributed by atoms with Crippen LogP contribution in [0.15, 0.2) is 0 Å². The van der Waals surface area contributed by atoms with Crippen LogP contribution in [0.25, 0.3) is 0 Å². The average molecular weight is 167 g/mol. The van der Waals surface area contributed by atoms with Crippen molar-refractivity contribution in [3.63, 3.8) is 0 Å². The van der Waals surface area contributed by atoms with Crippen molar-refractivity contribution in [1.82, 2.24) is 5.32 Å². The molecular formula is C7H12F3N. The third kappa shape index (κ3) is 3.60. The average Bonchev–Trinajstić information content (AvgIpc) is 2.61. The van der Waals surface area contributed by atoms with E-state index < -0.39 is 12.7 Å². The van der Waals surface area contributed by atoms with E-state index in [2.05, 4.69) is 5.32 Å². The monoisotopic (exact) mass is 167 g/mol. The number of rotatable bonds is 3. The quantitative estimate of drug-likeness (QED) is 0.677. The number of hydrogen-bond donors (Lipinski definition) is 1. The fourth-order valence-corrected chi connectivity index (χ4v) is 1.04. The first kappa shape index (κ1) is 8.84. The van der Waals surface area contributed by atoms with Gasteiger partial charge in [-0.05, 0) is 25.7 Å². The maximum Gasteiger partial charge on any atom is 0.401 e. The Morgan fingerprint density at radius 3 is 2.36 bits per heavy atom. The van der Waals surface area contributed by atoms with Crippen LogP contribution in [0.3, 0.4) is 0 Å². The fourth-order valence-electron chi connectivity index (χ4n) is 1.04. The Hall–Kier alpha value is -0.250. The summed E-state index contributed by atoms with van der Waals surface area (Å²) in [4.78, 5) is 0. The Labute approximate surface area is 64.0 Å². The van der Waals surface area contributed by atoms with Crippen LogP contribution in [-0.4, -0.2) is 18.8 Å². The number of alkyl halides is 3. The molecule has 0 saturated heterocycles. The van der Waals surface area contributed by atoms with E-state index in [1.54, 1.807) is 0 Å². The van der Waals surface area contributed by atoms with Crippen LogP contribution in [0.2, 0.25) is 0 Å². The van der Waals surface area contributed by atoms with Crippen molar-refractivity contribution in [2.75, 3.05) is 6.54 Å². The van der Waals surface area contributed by atoms with Crippen molar-refractivity contribution in [2.45, 2.75) is 32.0 Å². The molecule has 0 amide bonds. The van der Waals surface area contributed by atoms with Crippen LogP contribution in [0.4, 0.5) is 13.2 Å². The summed E-state index contributed by atoms with van der Waals surface area (Å²) >= 11 is 0. The lowest BCUT2D eigenvalue weighted by Gasteiger charge is -2.13. The van der Waals surface area contributed by atoms with E-state index in [9.17, 15) is 13.2 Å². The molecule has 0 aromatic carbocycles. The lowest BCUT2D eigenvalue weighted by Crippen LogP contribution is -2.36. The van der Waals surface area contributed by atoms with Gasteiger partial charge in [0.1, 0.15) is 0 Å². The maximum atomic E-state index is 11.6. The van der Waals surface area contributed by atoms with Gasteiger partial charge in [-0.25, -0.2) is 0 Å². The van der Waals surface area contributed by atoms with E-state index in [1.165, 1.54) is 0 Å².